The van der Waals surface area contributed by atoms with Crippen LogP contribution in [0.25, 0.3) is 11.5 Å². The van der Waals surface area contributed by atoms with Gasteiger partial charge in [0.2, 0.25) is 5.91 Å². The van der Waals surface area contributed by atoms with Crippen molar-refractivity contribution in [3.05, 3.63) is 64.1 Å². The lowest BCUT2D eigenvalue weighted by Crippen LogP contribution is -2.41. The fourth-order valence-electron chi connectivity index (χ4n) is 3.51. The molecule has 1 aliphatic rings. The lowest BCUT2D eigenvalue weighted by molar-refractivity contribution is -0.119. The summed E-state index contributed by atoms with van der Waals surface area (Å²) >= 11 is 0. The molecule has 27 heavy (non-hydrogen) atoms. The number of para-hydroxylation sites is 1. The van der Waals surface area contributed by atoms with Crippen molar-refractivity contribution in [3.63, 3.8) is 0 Å². The SMILES string of the molecule is Cc1ccc(-c2cc(N)c(=O)n(CC(=O)N3c4ccccc4CC3C)n2)o1. The zero-order chi connectivity index (χ0) is 19.1. The average Bonchev–Trinajstić information content (AvgIpc) is 3.21. The number of anilines is 2. The van der Waals surface area contributed by atoms with Gasteiger partial charge in [0.05, 0.1) is 0 Å². The first-order valence-corrected chi connectivity index (χ1v) is 8.78. The van der Waals surface area contributed by atoms with Crippen LogP contribution in [-0.4, -0.2) is 21.7 Å². The molecule has 7 nitrogen and oxygen atoms in total. The summed E-state index contributed by atoms with van der Waals surface area (Å²) in [6.45, 7) is 3.62. The van der Waals surface area contributed by atoms with E-state index in [0.29, 0.717) is 11.5 Å². The van der Waals surface area contributed by atoms with Gasteiger partial charge in [-0.15, -0.1) is 0 Å². The highest BCUT2D eigenvalue weighted by Crippen LogP contribution is 2.32. The van der Waals surface area contributed by atoms with Crippen molar-refractivity contribution < 1.29 is 9.21 Å². The number of nitrogen functional groups attached to an aromatic ring is 1. The second-order valence-electron chi connectivity index (χ2n) is 6.80. The third-order valence-corrected chi connectivity index (χ3v) is 4.76. The number of amides is 1. The summed E-state index contributed by atoms with van der Waals surface area (Å²) in [5.41, 5.74) is 7.82. The van der Waals surface area contributed by atoms with Crippen molar-refractivity contribution in [1.29, 1.82) is 0 Å². The molecule has 0 bridgehead atoms. The average molecular weight is 364 g/mol. The van der Waals surface area contributed by atoms with E-state index in [2.05, 4.69) is 5.10 Å². The van der Waals surface area contributed by atoms with E-state index in [0.717, 1.165) is 28.1 Å². The number of fused-ring (bicyclic) bond motifs is 1. The highest BCUT2D eigenvalue weighted by atomic mass is 16.3. The molecule has 1 aliphatic heterocycles. The second kappa shape index (κ2) is 6.42. The first-order valence-electron chi connectivity index (χ1n) is 8.78. The smallest absolute Gasteiger partial charge is 0.290 e. The van der Waals surface area contributed by atoms with Crippen LogP contribution in [0.1, 0.15) is 18.2 Å². The van der Waals surface area contributed by atoms with Crippen molar-refractivity contribution in [3.8, 4) is 11.5 Å². The summed E-state index contributed by atoms with van der Waals surface area (Å²) in [6.07, 6.45) is 0.790. The molecule has 1 atom stereocenters. The Morgan fingerprint density at radius 2 is 2.07 bits per heavy atom. The molecule has 1 aromatic carbocycles. The molecule has 0 fully saturated rings. The molecule has 0 spiro atoms. The largest absolute Gasteiger partial charge is 0.460 e. The van der Waals surface area contributed by atoms with E-state index >= 15 is 0 Å². The fourth-order valence-corrected chi connectivity index (χ4v) is 3.51. The number of hydrogen-bond acceptors (Lipinski definition) is 5. The number of nitrogens with zero attached hydrogens (tertiary/aromatic N) is 3. The van der Waals surface area contributed by atoms with Gasteiger partial charge in [-0.05, 0) is 50.1 Å². The minimum absolute atomic E-state index is 0.0247. The van der Waals surface area contributed by atoms with Crippen molar-refractivity contribution in [2.24, 2.45) is 0 Å². The van der Waals surface area contributed by atoms with Gasteiger partial charge in [-0.1, -0.05) is 18.2 Å². The minimum Gasteiger partial charge on any atom is -0.460 e. The normalized spacial score (nSPS) is 15.8. The van der Waals surface area contributed by atoms with Crippen LogP contribution in [0.5, 0.6) is 0 Å². The summed E-state index contributed by atoms with van der Waals surface area (Å²) in [5.74, 6) is 1.02. The standard InChI is InChI=1S/C20H20N4O3/c1-12-9-14-5-3-4-6-17(14)24(12)19(25)11-23-20(26)15(21)10-16(22-23)18-8-7-13(2)27-18/h3-8,10,12H,9,11,21H2,1-2H3. The summed E-state index contributed by atoms with van der Waals surface area (Å²) in [6, 6.07) is 12.8. The summed E-state index contributed by atoms with van der Waals surface area (Å²) in [5, 5.41) is 4.29. The molecular formula is C20H20N4O3. The Kier molecular flexibility index (Phi) is 4.07. The molecular weight excluding hydrogens is 344 g/mol. The van der Waals surface area contributed by atoms with Crippen LogP contribution in [0.15, 0.2) is 51.7 Å². The lowest BCUT2D eigenvalue weighted by atomic mass is 10.1. The monoisotopic (exact) mass is 364 g/mol. The van der Waals surface area contributed by atoms with Gasteiger partial charge in [0, 0.05) is 11.7 Å². The Hall–Kier alpha value is -3.35. The van der Waals surface area contributed by atoms with Gasteiger partial charge in [0.25, 0.3) is 5.56 Å². The predicted octanol–water partition coefficient (Wildman–Crippen LogP) is 2.37. The first-order chi connectivity index (χ1) is 12.9. The van der Waals surface area contributed by atoms with Crippen molar-refractivity contribution in [2.45, 2.75) is 32.9 Å². The first kappa shape index (κ1) is 17.1. The van der Waals surface area contributed by atoms with Gasteiger partial charge in [0.15, 0.2) is 5.76 Å². The van der Waals surface area contributed by atoms with Crippen LogP contribution in [0.3, 0.4) is 0 Å². The van der Waals surface area contributed by atoms with E-state index in [1.165, 1.54) is 6.07 Å². The molecule has 4 rings (SSSR count). The Morgan fingerprint density at radius 1 is 1.30 bits per heavy atom. The molecule has 0 aliphatic carbocycles. The minimum atomic E-state index is -0.490. The second-order valence-corrected chi connectivity index (χ2v) is 6.80. The van der Waals surface area contributed by atoms with E-state index in [-0.39, 0.29) is 24.2 Å². The summed E-state index contributed by atoms with van der Waals surface area (Å²) in [4.78, 5) is 27.1. The van der Waals surface area contributed by atoms with Gasteiger partial charge in [-0.2, -0.15) is 5.10 Å². The molecule has 0 radical (unpaired) electrons. The van der Waals surface area contributed by atoms with Gasteiger partial charge < -0.3 is 15.1 Å². The van der Waals surface area contributed by atoms with Crippen LogP contribution in [0.4, 0.5) is 11.4 Å². The number of furan rings is 1. The quantitative estimate of drug-likeness (QED) is 0.770. The van der Waals surface area contributed by atoms with Crippen LogP contribution in [-0.2, 0) is 17.8 Å². The molecule has 7 heteroatoms. The van der Waals surface area contributed by atoms with E-state index in [4.69, 9.17) is 10.2 Å². The zero-order valence-corrected chi connectivity index (χ0v) is 15.2. The molecule has 3 aromatic rings. The van der Waals surface area contributed by atoms with E-state index in [1.807, 2.05) is 38.1 Å². The third kappa shape index (κ3) is 3.01. The Morgan fingerprint density at radius 3 is 2.81 bits per heavy atom. The van der Waals surface area contributed by atoms with Gasteiger partial charge in [-0.3, -0.25) is 9.59 Å². The van der Waals surface area contributed by atoms with Crippen LogP contribution in [0.2, 0.25) is 0 Å². The lowest BCUT2D eigenvalue weighted by Gasteiger charge is -2.23. The maximum atomic E-state index is 13.0. The molecule has 0 saturated heterocycles. The molecule has 3 heterocycles. The van der Waals surface area contributed by atoms with Crippen molar-refractivity contribution in [1.82, 2.24) is 9.78 Å². The number of carbonyl (C=O) groups excluding carboxylic acids is 1. The number of hydrogen-bond donors (Lipinski definition) is 1. The van der Waals surface area contributed by atoms with Crippen molar-refractivity contribution >= 4 is 17.3 Å². The Bertz CT molecular complexity index is 1080. The summed E-state index contributed by atoms with van der Waals surface area (Å²) in [7, 11) is 0. The van der Waals surface area contributed by atoms with E-state index < -0.39 is 5.56 Å². The number of benzene rings is 1. The Balaban J connectivity index is 1.67. The maximum absolute atomic E-state index is 13.0. The molecule has 1 unspecified atom stereocenters. The molecule has 2 aromatic heterocycles. The highest BCUT2D eigenvalue weighted by Gasteiger charge is 2.31. The topological polar surface area (TPSA) is 94.4 Å². The Labute approximate surface area is 156 Å². The highest BCUT2D eigenvalue weighted by molar-refractivity contribution is 5.96. The van der Waals surface area contributed by atoms with Crippen molar-refractivity contribution in [2.75, 3.05) is 10.6 Å². The third-order valence-electron chi connectivity index (χ3n) is 4.76. The van der Waals surface area contributed by atoms with Crippen LogP contribution >= 0.6 is 0 Å². The number of aromatic nitrogens is 2. The van der Waals surface area contributed by atoms with Crippen LogP contribution in [0, 0.1) is 6.92 Å². The number of carbonyl (C=O) groups is 1. The number of aryl methyl sites for hydroxylation is 1. The maximum Gasteiger partial charge on any atom is 0.290 e. The molecule has 1 amide bonds. The molecule has 0 saturated carbocycles. The van der Waals surface area contributed by atoms with Gasteiger partial charge in [0.1, 0.15) is 23.7 Å². The van der Waals surface area contributed by atoms with Gasteiger partial charge in [-0.25, -0.2) is 4.68 Å². The zero-order valence-electron chi connectivity index (χ0n) is 15.2. The van der Waals surface area contributed by atoms with Crippen LogP contribution < -0.4 is 16.2 Å². The number of nitrogens with two attached hydrogens (primary N) is 1. The number of rotatable bonds is 3. The predicted molar refractivity (Wildman–Crippen MR) is 102 cm³/mol. The van der Waals surface area contributed by atoms with E-state index in [1.54, 1.807) is 17.0 Å². The molecule has 138 valence electrons. The fraction of sp³-hybridized carbons (Fsp3) is 0.250. The van der Waals surface area contributed by atoms with E-state index in [9.17, 15) is 9.59 Å². The van der Waals surface area contributed by atoms with Gasteiger partial charge >= 0.3 is 0 Å². The molecule has 2 N–H and O–H groups in total. The summed E-state index contributed by atoms with van der Waals surface area (Å²) < 4.78 is 6.67.